The van der Waals surface area contributed by atoms with Crippen LogP contribution in [0.3, 0.4) is 0 Å². The first-order chi connectivity index (χ1) is 8.02. The maximum absolute atomic E-state index is 11.3. The van der Waals surface area contributed by atoms with E-state index in [1.54, 1.807) is 4.68 Å². The predicted octanol–water partition coefficient (Wildman–Crippen LogP) is 3.58. The number of halogens is 1. The minimum absolute atomic E-state index is 0.164. The summed E-state index contributed by atoms with van der Waals surface area (Å²) in [5.41, 5.74) is 1.11. The van der Waals surface area contributed by atoms with Crippen molar-refractivity contribution in [3.63, 3.8) is 0 Å². The van der Waals surface area contributed by atoms with Crippen LogP contribution in [0, 0.1) is 0 Å². The van der Waals surface area contributed by atoms with E-state index in [4.69, 9.17) is 0 Å². The largest absolute Gasteiger partial charge is 0.476 e. The number of rotatable bonds is 3. The topological polar surface area (TPSA) is 55.1 Å². The van der Waals surface area contributed by atoms with Gasteiger partial charge in [-0.15, -0.1) is 0 Å². The van der Waals surface area contributed by atoms with E-state index in [0.717, 1.165) is 23.0 Å². The SMILES string of the molecule is CC(C)n1nc(C(=O)O)c(C2CCCC2)c1Br. The fraction of sp³-hybridized carbons (Fsp3) is 0.667. The number of hydrogen-bond donors (Lipinski definition) is 1. The quantitative estimate of drug-likeness (QED) is 0.928. The molecule has 1 aromatic heterocycles. The zero-order chi connectivity index (χ0) is 12.6. The number of carboxylic acid groups (broad SMARTS) is 1. The van der Waals surface area contributed by atoms with Crippen LogP contribution in [-0.4, -0.2) is 20.9 Å². The number of aromatic carboxylic acids is 1. The first kappa shape index (κ1) is 12.6. The molecule has 1 aliphatic carbocycles. The third-order valence-electron chi connectivity index (χ3n) is 3.34. The van der Waals surface area contributed by atoms with Crippen molar-refractivity contribution in [2.75, 3.05) is 0 Å². The van der Waals surface area contributed by atoms with E-state index in [9.17, 15) is 9.90 Å². The van der Waals surface area contributed by atoms with Gasteiger partial charge in [0.2, 0.25) is 0 Å². The van der Waals surface area contributed by atoms with Gasteiger partial charge in [0.15, 0.2) is 5.69 Å². The zero-order valence-corrected chi connectivity index (χ0v) is 11.7. The maximum atomic E-state index is 11.3. The summed E-state index contributed by atoms with van der Waals surface area (Å²) < 4.78 is 2.61. The van der Waals surface area contributed by atoms with Crippen molar-refractivity contribution >= 4 is 21.9 Å². The lowest BCUT2D eigenvalue weighted by Gasteiger charge is -2.10. The Morgan fingerprint density at radius 1 is 1.47 bits per heavy atom. The van der Waals surface area contributed by atoms with Gasteiger partial charge in [-0.1, -0.05) is 12.8 Å². The van der Waals surface area contributed by atoms with Gasteiger partial charge in [0.25, 0.3) is 0 Å². The molecular weight excluding hydrogens is 284 g/mol. The number of nitrogens with zero attached hydrogens (tertiary/aromatic N) is 2. The van der Waals surface area contributed by atoms with Crippen LogP contribution in [0.15, 0.2) is 4.60 Å². The minimum Gasteiger partial charge on any atom is -0.476 e. The Morgan fingerprint density at radius 2 is 2.06 bits per heavy atom. The highest BCUT2D eigenvalue weighted by atomic mass is 79.9. The highest BCUT2D eigenvalue weighted by molar-refractivity contribution is 9.10. The average Bonchev–Trinajstić information content (AvgIpc) is 2.83. The molecule has 0 unspecified atom stereocenters. The van der Waals surface area contributed by atoms with E-state index in [-0.39, 0.29) is 11.7 Å². The lowest BCUT2D eigenvalue weighted by Crippen LogP contribution is -2.06. The van der Waals surface area contributed by atoms with Gasteiger partial charge in [-0.25, -0.2) is 4.79 Å². The Bertz CT molecular complexity index is 434. The van der Waals surface area contributed by atoms with Gasteiger partial charge >= 0.3 is 5.97 Å². The van der Waals surface area contributed by atoms with Gasteiger partial charge in [0.05, 0.1) is 0 Å². The molecule has 1 N–H and O–H groups in total. The molecule has 17 heavy (non-hydrogen) atoms. The molecule has 0 atom stereocenters. The third-order valence-corrected chi connectivity index (χ3v) is 4.13. The van der Waals surface area contributed by atoms with Crippen LogP contribution < -0.4 is 0 Å². The van der Waals surface area contributed by atoms with E-state index in [1.165, 1.54) is 12.8 Å². The lowest BCUT2D eigenvalue weighted by molar-refractivity contribution is 0.0687. The van der Waals surface area contributed by atoms with E-state index in [2.05, 4.69) is 21.0 Å². The molecule has 1 fully saturated rings. The Morgan fingerprint density at radius 3 is 2.53 bits per heavy atom. The van der Waals surface area contributed by atoms with Crippen LogP contribution in [-0.2, 0) is 0 Å². The van der Waals surface area contributed by atoms with E-state index >= 15 is 0 Å². The van der Waals surface area contributed by atoms with E-state index < -0.39 is 5.97 Å². The highest BCUT2D eigenvalue weighted by Gasteiger charge is 2.30. The Hall–Kier alpha value is -0.840. The van der Waals surface area contributed by atoms with E-state index in [1.807, 2.05) is 13.8 Å². The monoisotopic (exact) mass is 300 g/mol. The van der Waals surface area contributed by atoms with Crippen molar-refractivity contribution in [3.05, 3.63) is 15.9 Å². The fourth-order valence-electron chi connectivity index (χ4n) is 2.50. The molecular formula is C12H17BrN2O2. The zero-order valence-electron chi connectivity index (χ0n) is 10.1. The van der Waals surface area contributed by atoms with Crippen molar-refractivity contribution < 1.29 is 9.90 Å². The van der Waals surface area contributed by atoms with Crippen molar-refractivity contribution in [2.24, 2.45) is 0 Å². The Kier molecular flexibility index (Phi) is 3.56. The van der Waals surface area contributed by atoms with Gasteiger partial charge in [-0.3, -0.25) is 4.68 Å². The summed E-state index contributed by atoms with van der Waals surface area (Å²) in [7, 11) is 0. The molecule has 0 amide bonds. The molecule has 1 heterocycles. The molecule has 1 aromatic rings. The molecule has 4 nitrogen and oxygen atoms in total. The Labute approximate surface area is 109 Å². The first-order valence-corrected chi connectivity index (χ1v) is 6.82. The van der Waals surface area contributed by atoms with Crippen LogP contribution in [0.4, 0.5) is 0 Å². The number of aromatic nitrogens is 2. The highest BCUT2D eigenvalue weighted by Crippen LogP contribution is 2.40. The maximum Gasteiger partial charge on any atom is 0.356 e. The Balaban J connectivity index is 2.50. The molecule has 1 saturated carbocycles. The third kappa shape index (κ3) is 2.25. The summed E-state index contributed by atoms with van der Waals surface area (Å²) >= 11 is 3.52. The summed E-state index contributed by atoms with van der Waals surface area (Å²) in [5.74, 6) is -0.574. The average molecular weight is 301 g/mol. The van der Waals surface area contributed by atoms with Gasteiger partial charge in [-0.2, -0.15) is 5.10 Å². The molecule has 0 bridgehead atoms. The summed E-state index contributed by atoms with van der Waals surface area (Å²) in [4.78, 5) is 11.3. The molecule has 1 aliphatic rings. The fourth-order valence-corrected chi connectivity index (χ4v) is 3.50. The molecule has 0 aliphatic heterocycles. The van der Waals surface area contributed by atoms with Crippen molar-refractivity contribution in [1.29, 1.82) is 0 Å². The molecule has 0 spiro atoms. The van der Waals surface area contributed by atoms with Crippen LogP contribution in [0.2, 0.25) is 0 Å². The summed E-state index contributed by atoms with van der Waals surface area (Å²) in [5, 5.41) is 13.5. The molecule has 0 aromatic carbocycles. The van der Waals surface area contributed by atoms with Crippen LogP contribution in [0.5, 0.6) is 0 Å². The normalized spacial score (nSPS) is 16.9. The van der Waals surface area contributed by atoms with E-state index in [0.29, 0.717) is 5.92 Å². The number of carboxylic acids is 1. The van der Waals surface area contributed by atoms with Gasteiger partial charge in [-0.05, 0) is 48.5 Å². The molecule has 94 valence electrons. The number of carbonyl (C=O) groups is 1. The predicted molar refractivity (Wildman–Crippen MR) is 68.5 cm³/mol. The van der Waals surface area contributed by atoms with Crippen LogP contribution in [0.25, 0.3) is 0 Å². The molecule has 0 radical (unpaired) electrons. The minimum atomic E-state index is -0.924. The standard InChI is InChI=1S/C12H17BrN2O2/c1-7(2)15-11(13)9(8-5-3-4-6-8)10(14-15)12(16)17/h7-8H,3-6H2,1-2H3,(H,16,17). The van der Waals surface area contributed by atoms with Gasteiger partial charge in [0, 0.05) is 11.6 Å². The van der Waals surface area contributed by atoms with Gasteiger partial charge in [0.1, 0.15) is 4.60 Å². The summed E-state index contributed by atoms with van der Waals surface area (Å²) in [6, 6.07) is 0.164. The second-order valence-corrected chi connectivity index (χ2v) is 5.63. The van der Waals surface area contributed by atoms with Crippen molar-refractivity contribution in [1.82, 2.24) is 9.78 Å². The molecule has 5 heteroatoms. The second-order valence-electron chi connectivity index (χ2n) is 4.88. The smallest absolute Gasteiger partial charge is 0.356 e. The second kappa shape index (κ2) is 4.80. The van der Waals surface area contributed by atoms with Crippen LogP contribution >= 0.6 is 15.9 Å². The van der Waals surface area contributed by atoms with Crippen molar-refractivity contribution in [3.8, 4) is 0 Å². The first-order valence-electron chi connectivity index (χ1n) is 6.03. The van der Waals surface area contributed by atoms with Crippen molar-refractivity contribution in [2.45, 2.75) is 51.5 Å². The van der Waals surface area contributed by atoms with Gasteiger partial charge < -0.3 is 5.11 Å². The summed E-state index contributed by atoms with van der Waals surface area (Å²) in [6.45, 7) is 4.00. The van der Waals surface area contributed by atoms with Crippen LogP contribution in [0.1, 0.15) is 67.5 Å². The molecule has 0 saturated heterocycles. The molecule has 2 rings (SSSR count). The number of hydrogen-bond acceptors (Lipinski definition) is 2. The summed E-state index contributed by atoms with van der Waals surface area (Å²) in [6.07, 6.45) is 4.51. The lowest BCUT2D eigenvalue weighted by atomic mass is 9.98.